The summed E-state index contributed by atoms with van der Waals surface area (Å²) in [6, 6.07) is 14.4. The first-order valence-corrected chi connectivity index (χ1v) is 12.2. The Morgan fingerprint density at radius 1 is 0.946 bits per heavy atom. The number of halogens is 6. The number of hydrogen-bond donors (Lipinski definition) is 1. The highest BCUT2D eigenvalue weighted by Crippen LogP contribution is 3.02. The normalized spacial score (nSPS) is 14.6. The average molecular weight is 541 g/mol. The van der Waals surface area contributed by atoms with Crippen molar-refractivity contribution >= 4 is 16.1 Å². The topological polar surface area (TPSA) is 95.1 Å². The van der Waals surface area contributed by atoms with Crippen molar-refractivity contribution < 1.29 is 38.1 Å². The predicted molar refractivity (Wildman–Crippen MR) is 122 cm³/mol. The zero-order valence-electron chi connectivity index (χ0n) is 18.9. The van der Waals surface area contributed by atoms with E-state index in [-0.39, 0.29) is 34.9 Å². The van der Waals surface area contributed by atoms with Gasteiger partial charge in [0.25, 0.3) is 5.91 Å². The smallest absolute Gasteiger partial charge is 0.310 e. The van der Waals surface area contributed by atoms with E-state index in [1.165, 1.54) is 43.3 Å². The van der Waals surface area contributed by atoms with Crippen molar-refractivity contribution in [3.8, 4) is 29.4 Å². The minimum Gasteiger partial charge on any atom is -0.486 e. The molecular formula is C24H17F6N3O3S. The predicted octanol–water partition coefficient (Wildman–Crippen LogP) is 7.24. The number of amides is 1. The molecule has 0 aliphatic heterocycles. The van der Waals surface area contributed by atoms with Crippen LogP contribution in [0, 0.1) is 28.5 Å². The Morgan fingerprint density at radius 3 is 2.16 bits per heavy atom. The monoisotopic (exact) mass is 541 g/mol. The van der Waals surface area contributed by atoms with Crippen molar-refractivity contribution in [1.82, 2.24) is 5.32 Å². The van der Waals surface area contributed by atoms with Crippen molar-refractivity contribution in [2.45, 2.75) is 17.4 Å². The molecule has 0 saturated heterocycles. The lowest BCUT2D eigenvalue weighted by molar-refractivity contribution is 0.0900. The zero-order chi connectivity index (χ0) is 27.5. The number of benzene rings is 3. The standard InChI is InChI=1S/C24H17F6N3O3S/c1-24(14-32,33-23(34)17-7-9-18(10-8-17)37(26,27,28,29)30)15-35-22-12-16(13-31)6-11-21(22)36-20-5-3-2-4-19(20)25/h2-12H,15H2,1H3,(H,33,34). The van der Waals surface area contributed by atoms with Gasteiger partial charge < -0.3 is 14.8 Å². The highest BCUT2D eigenvalue weighted by atomic mass is 32.5. The van der Waals surface area contributed by atoms with Crippen LogP contribution in [0.4, 0.5) is 23.8 Å². The molecular weight excluding hydrogens is 524 g/mol. The Balaban J connectivity index is 1.79. The Kier molecular flexibility index (Phi) is 6.58. The van der Waals surface area contributed by atoms with E-state index in [1.807, 2.05) is 6.07 Å². The summed E-state index contributed by atoms with van der Waals surface area (Å²) in [6.45, 7) is 0.695. The molecule has 3 aromatic carbocycles. The molecule has 3 rings (SSSR count). The molecule has 0 heterocycles. The molecule has 194 valence electrons. The number of nitrogens with one attached hydrogen (secondary N) is 1. The van der Waals surface area contributed by atoms with E-state index in [9.17, 15) is 39.1 Å². The lowest BCUT2D eigenvalue weighted by Crippen LogP contribution is -2.49. The van der Waals surface area contributed by atoms with Gasteiger partial charge in [0, 0.05) is 11.6 Å². The highest BCUT2D eigenvalue weighted by Gasteiger charge is 2.65. The molecule has 0 aliphatic rings. The van der Waals surface area contributed by atoms with Crippen LogP contribution < -0.4 is 14.8 Å². The third-order valence-electron chi connectivity index (χ3n) is 4.84. The van der Waals surface area contributed by atoms with Gasteiger partial charge in [-0.1, -0.05) is 31.6 Å². The van der Waals surface area contributed by atoms with Gasteiger partial charge in [0.15, 0.2) is 28.6 Å². The second-order valence-corrected chi connectivity index (χ2v) is 10.4. The molecule has 37 heavy (non-hydrogen) atoms. The van der Waals surface area contributed by atoms with Crippen LogP contribution in [0.15, 0.2) is 71.6 Å². The van der Waals surface area contributed by atoms with Gasteiger partial charge in [-0.2, -0.15) is 10.5 Å². The van der Waals surface area contributed by atoms with Crippen LogP contribution in [0.3, 0.4) is 0 Å². The maximum atomic E-state index is 14.0. The molecule has 1 N–H and O–H groups in total. The Bertz CT molecular complexity index is 1430. The van der Waals surface area contributed by atoms with E-state index in [2.05, 4.69) is 5.32 Å². The van der Waals surface area contributed by atoms with E-state index >= 15 is 0 Å². The first-order chi connectivity index (χ1) is 17.0. The van der Waals surface area contributed by atoms with Crippen LogP contribution in [0.5, 0.6) is 17.2 Å². The molecule has 0 spiro atoms. The van der Waals surface area contributed by atoms with Crippen LogP contribution in [-0.2, 0) is 0 Å². The molecule has 0 aromatic heterocycles. The Labute approximate surface area is 207 Å². The van der Waals surface area contributed by atoms with Crippen molar-refractivity contribution in [1.29, 1.82) is 10.5 Å². The number of rotatable bonds is 8. The van der Waals surface area contributed by atoms with Gasteiger partial charge in [-0.05, 0) is 55.5 Å². The van der Waals surface area contributed by atoms with Crippen LogP contribution in [0.1, 0.15) is 22.8 Å². The van der Waals surface area contributed by atoms with Gasteiger partial charge in [0.2, 0.25) is 0 Å². The zero-order valence-corrected chi connectivity index (χ0v) is 19.7. The molecule has 0 radical (unpaired) electrons. The molecule has 1 amide bonds. The van der Waals surface area contributed by atoms with Gasteiger partial charge in [0.1, 0.15) is 11.5 Å². The van der Waals surface area contributed by atoms with Crippen LogP contribution in [0.2, 0.25) is 0 Å². The van der Waals surface area contributed by atoms with E-state index in [1.54, 1.807) is 6.07 Å². The number of nitriles is 2. The molecule has 0 bridgehead atoms. The van der Waals surface area contributed by atoms with Crippen molar-refractivity contribution in [2.24, 2.45) is 0 Å². The molecule has 3 aromatic rings. The van der Waals surface area contributed by atoms with Gasteiger partial charge in [-0.25, -0.2) is 4.39 Å². The average Bonchev–Trinajstić information content (AvgIpc) is 2.83. The van der Waals surface area contributed by atoms with Crippen molar-refractivity contribution in [2.75, 3.05) is 6.61 Å². The SMILES string of the molecule is CC(C#N)(COc1cc(C#N)ccc1Oc1ccccc1F)NC(=O)c1ccc(S(F)(F)(F)(F)F)cc1. The summed E-state index contributed by atoms with van der Waals surface area (Å²) in [6.07, 6.45) is 0. The highest BCUT2D eigenvalue weighted by molar-refractivity contribution is 8.45. The fraction of sp³-hybridized carbons (Fsp3) is 0.125. The van der Waals surface area contributed by atoms with E-state index in [0.29, 0.717) is 12.1 Å². The molecule has 1 atom stereocenters. The molecule has 1 unspecified atom stereocenters. The van der Waals surface area contributed by atoms with Crippen LogP contribution >= 0.6 is 10.2 Å². The first-order valence-electron chi connectivity index (χ1n) is 10.2. The van der Waals surface area contributed by atoms with Gasteiger partial charge >= 0.3 is 10.2 Å². The third-order valence-corrected chi connectivity index (χ3v) is 6.01. The Morgan fingerprint density at radius 2 is 1.59 bits per heavy atom. The lowest BCUT2D eigenvalue weighted by atomic mass is 10.0. The lowest BCUT2D eigenvalue weighted by Gasteiger charge is -2.40. The summed E-state index contributed by atoms with van der Waals surface area (Å²) < 4.78 is 89.6. The summed E-state index contributed by atoms with van der Waals surface area (Å²) >= 11 is 0. The number of para-hydroxylation sites is 1. The van der Waals surface area contributed by atoms with Crippen molar-refractivity contribution in [3.05, 3.63) is 83.7 Å². The summed E-state index contributed by atoms with van der Waals surface area (Å²) in [5.41, 5.74) is -2.04. The van der Waals surface area contributed by atoms with E-state index < -0.39 is 44.6 Å². The molecule has 0 saturated carbocycles. The second-order valence-electron chi connectivity index (χ2n) is 7.99. The summed E-state index contributed by atoms with van der Waals surface area (Å²) in [5.74, 6) is -1.94. The summed E-state index contributed by atoms with van der Waals surface area (Å²) in [7, 11) is -9.91. The number of carbonyl (C=O) groups is 1. The Hall–Kier alpha value is -4.36. The number of carbonyl (C=O) groups excluding carboxylic acids is 1. The van der Waals surface area contributed by atoms with Crippen LogP contribution in [0.25, 0.3) is 0 Å². The largest absolute Gasteiger partial charge is 0.486 e. The molecule has 6 nitrogen and oxygen atoms in total. The van der Waals surface area contributed by atoms with Gasteiger partial charge in [-0.15, -0.1) is 0 Å². The maximum Gasteiger partial charge on any atom is 0.310 e. The quantitative estimate of drug-likeness (QED) is 0.304. The van der Waals surface area contributed by atoms with E-state index in [0.717, 1.165) is 6.07 Å². The summed E-state index contributed by atoms with van der Waals surface area (Å²) in [5, 5.41) is 21.0. The van der Waals surface area contributed by atoms with Gasteiger partial charge in [0.05, 0.1) is 17.7 Å². The van der Waals surface area contributed by atoms with Crippen molar-refractivity contribution in [3.63, 3.8) is 0 Å². The molecule has 13 heteroatoms. The third kappa shape index (κ3) is 6.86. The fourth-order valence-electron chi connectivity index (χ4n) is 2.93. The second kappa shape index (κ2) is 8.94. The molecule has 0 aliphatic carbocycles. The van der Waals surface area contributed by atoms with E-state index in [4.69, 9.17) is 9.47 Å². The molecule has 0 fully saturated rings. The minimum absolute atomic E-state index is 0.0118. The summed E-state index contributed by atoms with van der Waals surface area (Å²) in [4.78, 5) is 10.3. The maximum absolute atomic E-state index is 14.0. The number of ether oxygens (including phenoxy) is 2. The number of hydrogen-bond acceptors (Lipinski definition) is 5. The number of nitrogens with zero attached hydrogens (tertiary/aromatic N) is 2. The first kappa shape index (κ1) is 27.2. The van der Waals surface area contributed by atoms with Crippen LogP contribution in [-0.4, -0.2) is 18.1 Å². The fourth-order valence-corrected chi connectivity index (χ4v) is 3.58. The van der Waals surface area contributed by atoms with Gasteiger partial charge in [-0.3, -0.25) is 4.79 Å². The minimum atomic E-state index is -9.91.